The van der Waals surface area contributed by atoms with Gasteiger partial charge in [0, 0.05) is 36.6 Å². The molecule has 0 radical (unpaired) electrons. The van der Waals surface area contributed by atoms with Crippen LogP contribution in [0.5, 0.6) is 0 Å². The first-order valence-corrected chi connectivity index (χ1v) is 10.7. The lowest BCUT2D eigenvalue weighted by atomic mass is 9.78. The lowest BCUT2D eigenvalue weighted by molar-refractivity contribution is 0.00724. The highest BCUT2D eigenvalue weighted by Gasteiger charge is 2.46. The number of carbonyl (C=O) groups is 1. The van der Waals surface area contributed by atoms with Crippen molar-refractivity contribution in [2.45, 2.75) is 51.5 Å². The molecule has 1 spiro atoms. The number of rotatable bonds is 4. The molecule has 1 saturated heterocycles. The number of imidazole rings is 1. The summed E-state index contributed by atoms with van der Waals surface area (Å²) in [5.74, 6) is 0.199. The molecule has 2 aromatic heterocycles. The number of aromatic amines is 1. The third-order valence-electron chi connectivity index (χ3n) is 5.99. The maximum atomic E-state index is 12.9. The van der Waals surface area contributed by atoms with Crippen LogP contribution in [0.2, 0.25) is 0 Å². The molecular formula is C20H28N4OS. The normalized spacial score (nSPS) is 19.7. The Kier molecular flexibility index (Phi) is 4.88. The summed E-state index contributed by atoms with van der Waals surface area (Å²) in [5, 5.41) is 0. The number of aryl methyl sites for hydroxylation is 1. The number of fused-ring (bicyclic) bond motifs is 2. The van der Waals surface area contributed by atoms with Crippen LogP contribution < -0.4 is 0 Å². The second-order valence-electron chi connectivity index (χ2n) is 7.41. The van der Waals surface area contributed by atoms with E-state index in [2.05, 4.69) is 29.8 Å². The standard InChI is InChI=1S/C20H28N4OS/c1-3-10-24-11-7-16-18(22-14-21-16)20(24)8-12-23(13-9-20)19(25)17-6-5-15(4-2)26-17/h5-6,14H,3-4,7-13H2,1-2H3,(H,21,22). The number of aromatic nitrogens is 2. The van der Waals surface area contributed by atoms with E-state index < -0.39 is 0 Å². The molecule has 1 N–H and O–H groups in total. The highest BCUT2D eigenvalue weighted by Crippen LogP contribution is 2.42. The number of amides is 1. The lowest BCUT2D eigenvalue weighted by Crippen LogP contribution is -2.57. The number of piperidine rings is 1. The van der Waals surface area contributed by atoms with Crippen LogP contribution in [0.15, 0.2) is 18.5 Å². The van der Waals surface area contributed by atoms with Crippen LogP contribution in [0.4, 0.5) is 0 Å². The van der Waals surface area contributed by atoms with Gasteiger partial charge in [-0.2, -0.15) is 0 Å². The minimum Gasteiger partial charge on any atom is -0.348 e. The summed E-state index contributed by atoms with van der Waals surface area (Å²) in [6.45, 7) is 8.19. The molecule has 6 heteroatoms. The number of hydrogen-bond acceptors (Lipinski definition) is 4. The van der Waals surface area contributed by atoms with Gasteiger partial charge in [0.25, 0.3) is 5.91 Å². The fraction of sp³-hybridized carbons (Fsp3) is 0.600. The van der Waals surface area contributed by atoms with Crippen molar-refractivity contribution in [3.05, 3.63) is 39.6 Å². The molecule has 1 fully saturated rings. The molecule has 0 atom stereocenters. The van der Waals surface area contributed by atoms with E-state index in [0.29, 0.717) is 0 Å². The Hall–Kier alpha value is -1.66. The minimum atomic E-state index is 0.00437. The summed E-state index contributed by atoms with van der Waals surface area (Å²) in [6, 6.07) is 4.08. The average molecular weight is 373 g/mol. The smallest absolute Gasteiger partial charge is 0.263 e. The zero-order valence-electron chi connectivity index (χ0n) is 15.8. The van der Waals surface area contributed by atoms with E-state index in [4.69, 9.17) is 4.98 Å². The molecule has 1 amide bonds. The van der Waals surface area contributed by atoms with Gasteiger partial charge in [-0.15, -0.1) is 11.3 Å². The first-order chi connectivity index (χ1) is 12.7. The Labute approximate surface area is 159 Å². The molecular weight excluding hydrogens is 344 g/mol. The Bertz CT molecular complexity index is 772. The van der Waals surface area contributed by atoms with Crippen molar-refractivity contribution >= 4 is 17.2 Å². The molecule has 2 aromatic rings. The van der Waals surface area contributed by atoms with Gasteiger partial charge in [0.15, 0.2) is 0 Å². The zero-order chi connectivity index (χ0) is 18.1. The number of likely N-dealkylation sites (tertiary alicyclic amines) is 1. The van der Waals surface area contributed by atoms with E-state index in [0.717, 1.165) is 63.2 Å². The summed E-state index contributed by atoms with van der Waals surface area (Å²) in [5.41, 5.74) is 2.53. The van der Waals surface area contributed by atoms with Crippen LogP contribution in [0.3, 0.4) is 0 Å². The Morgan fingerprint density at radius 2 is 2.08 bits per heavy atom. The number of nitrogens with one attached hydrogen (secondary N) is 1. The molecule has 0 aliphatic carbocycles. The highest BCUT2D eigenvalue weighted by molar-refractivity contribution is 7.14. The van der Waals surface area contributed by atoms with Gasteiger partial charge >= 0.3 is 0 Å². The van der Waals surface area contributed by atoms with Gasteiger partial charge in [-0.3, -0.25) is 9.69 Å². The molecule has 0 aromatic carbocycles. The third-order valence-corrected chi connectivity index (χ3v) is 7.21. The second kappa shape index (κ2) is 7.16. The van der Waals surface area contributed by atoms with E-state index >= 15 is 0 Å². The monoisotopic (exact) mass is 372 g/mol. The summed E-state index contributed by atoms with van der Waals surface area (Å²) in [7, 11) is 0. The fourth-order valence-electron chi connectivity index (χ4n) is 4.59. The van der Waals surface area contributed by atoms with Gasteiger partial charge in [-0.05, 0) is 44.4 Å². The molecule has 140 valence electrons. The van der Waals surface area contributed by atoms with E-state index in [1.165, 1.54) is 16.3 Å². The molecule has 26 heavy (non-hydrogen) atoms. The molecule has 4 heterocycles. The second-order valence-corrected chi connectivity index (χ2v) is 8.58. The first kappa shape index (κ1) is 17.7. The maximum Gasteiger partial charge on any atom is 0.263 e. The quantitative estimate of drug-likeness (QED) is 0.894. The Balaban J connectivity index is 1.53. The number of nitrogens with zero attached hydrogens (tertiary/aromatic N) is 3. The minimum absolute atomic E-state index is 0.00437. The van der Waals surface area contributed by atoms with Gasteiger partial charge in [0.05, 0.1) is 22.4 Å². The maximum absolute atomic E-state index is 12.9. The highest BCUT2D eigenvalue weighted by atomic mass is 32.1. The largest absolute Gasteiger partial charge is 0.348 e. The number of hydrogen-bond donors (Lipinski definition) is 1. The third kappa shape index (κ3) is 2.89. The topological polar surface area (TPSA) is 52.2 Å². The van der Waals surface area contributed by atoms with Crippen molar-refractivity contribution in [1.29, 1.82) is 0 Å². The summed E-state index contributed by atoms with van der Waals surface area (Å²) >= 11 is 1.64. The van der Waals surface area contributed by atoms with Crippen LogP contribution in [0.1, 0.15) is 59.0 Å². The number of H-pyrrole nitrogens is 1. The van der Waals surface area contributed by atoms with Gasteiger partial charge < -0.3 is 9.88 Å². The zero-order valence-corrected chi connectivity index (χ0v) is 16.6. The van der Waals surface area contributed by atoms with E-state index in [1.807, 2.05) is 17.3 Å². The van der Waals surface area contributed by atoms with Gasteiger partial charge in [-0.25, -0.2) is 4.98 Å². The van der Waals surface area contributed by atoms with Crippen molar-refractivity contribution in [2.24, 2.45) is 0 Å². The van der Waals surface area contributed by atoms with Crippen molar-refractivity contribution in [3.8, 4) is 0 Å². The van der Waals surface area contributed by atoms with Crippen molar-refractivity contribution in [1.82, 2.24) is 19.8 Å². The van der Waals surface area contributed by atoms with Crippen LogP contribution >= 0.6 is 11.3 Å². The molecule has 4 rings (SSSR count). The molecule has 2 aliphatic heterocycles. The molecule has 5 nitrogen and oxygen atoms in total. The van der Waals surface area contributed by atoms with Crippen LogP contribution in [-0.4, -0.2) is 51.9 Å². The summed E-state index contributed by atoms with van der Waals surface area (Å²) < 4.78 is 0. The first-order valence-electron chi connectivity index (χ1n) is 9.83. The van der Waals surface area contributed by atoms with Crippen molar-refractivity contribution in [3.63, 3.8) is 0 Å². The van der Waals surface area contributed by atoms with E-state index in [-0.39, 0.29) is 11.4 Å². The van der Waals surface area contributed by atoms with Gasteiger partial charge in [0.2, 0.25) is 0 Å². The van der Waals surface area contributed by atoms with Gasteiger partial charge in [-0.1, -0.05) is 13.8 Å². The molecule has 0 bridgehead atoms. The van der Waals surface area contributed by atoms with Gasteiger partial charge in [0.1, 0.15) is 0 Å². The summed E-state index contributed by atoms with van der Waals surface area (Å²) in [6.07, 6.45) is 6.99. The molecule has 0 unspecified atom stereocenters. The molecule has 0 saturated carbocycles. The predicted octanol–water partition coefficient (Wildman–Crippen LogP) is 3.43. The number of thiophene rings is 1. The fourth-order valence-corrected chi connectivity index (χ4v) is 5.51. The molecule has 2 aliphatic rings. The van der Waals surface area contributed by atoms with Crippen molar-refractivity contribution < 1.29 is 4.79 Å². The number of carbonyl (C=O) groups excluding carboxylic acids is 1. The van der Waals surface area contributed by atoms with E-state index in [9.17, 15) is 4.79 Å². The van der Waals surface area contributed by atoms with E-state index in [1.54, 1.807) is 11.3 Å². The van der Waals surface area contributed by atoms with Crippen LogP contribution in [0, 0.1) is 0 Å². The average Bonchev–Trinajstić information content (AvgIpc) is 3.34. The summed E-state index contributed by atoms with van der Waals surface area (Å²) in [4.78, 5) is 27.8. The Morgan fingerprint density at radius 3 is 2.77 bits per heavy atom. The van der Waals surface area contributed by atoms with Crippen molar-refractivity contribution in [2.75, 3.05) is 26.2 Å². The van der Waals surface area contributed by atoms with Crippen LogP contribution in [0.25, 0.3) is 0 Å². The Morgan fingerprint density at radius 1 is 1.27 bits per heavy atom. The lowest BCUT2D eigenvalue weighted by Gasteiger charge is -2.50. The predicted molar refractivity (Wildman–Crippen MR) is 105 cm³/mol. The van der Waals surface area contributed by atoms with Crippen LogP contribution in [-0.2, 0) is 18.4 Å². The SMILES string of the molecule is CCCN1CCc2[nH]cnc2C12CCN(C(=O)c1ccc(CC)s1)CC2.